The van der Waals surface area contributed by atoms with Crippen molar-refractivity contribution < 1.29 is 19.2 Å². The Kier molecular flexibility index (Phi) is 6.32. The van der Waals surface area contributed by atoms with Crippen LogP contribution in [0.25, 0.3) is 0 Å². The van der Waals surface area contributed by atoms with E-state index in [4.69, 9.17) is 9.47 Å². The monoisotopic (exact) mass is 416 g/mol. The van der Waals surface area contributed by atoms with Crippen LogP contribution in [0.5, 0.6) is 11.5 Å². The number of nitro benzene ring substituents is 1. The first kappa shape index (κ1) is 21.0. The van der Waals surface area contributed by atoms with Crippen LogP contribution in [0.1, 0.15) is 37.4 Å². The molecule has 1 aliphatic rings. The molecule has 2 aromatic carbocycles. The molecule has 29 heavy (non-hydrogen) atoms. The number of methoxy groups -OCH3 is 1. The fourth-order valence-corrected chi connectivity index (χ4v) is 4.10. The van der Waals surface area contributed by atoms with E-state index in [1.807, 2.05) is 32.0 Å². The lowest BCUT2D eigenvalue weighted by Crippen LogP contribution is -2.41. The number of nitrogens with one attached hydrogen (secondary N) is 1. The summed E-state index contributed by atoms with van der Waals surface area (Å²) in [5, 5.41) is 13.8. The predicted molar refractivity (Wildman–Crippen MR) is 112 cm³/mol. The number of hydrogen-bond donors (Lipinski definition) is 1. The van der Waals surface area contributed by atoms with Gasteiger partial charge in [-0.25, -0.2) is 0 Å². The van der Waals surface area contributed by atoms with Gasteiger partial charge in [0.25, 0.3) is 5.69 Å². The molecule has 0 spiro atoms. The number of fused-ring (bicyclic) bond motifs is 1. The highest BCUT2D eigenvalue weighted by atomic mass is 32.2. The molecule has 0 radical (unpaired) electrons. The summed E-state index contributed by atoms with van der Waals surface area (Å²) in [6, 6.07) is 11.8. The highest BCUT2D eigenvalue weighted by Gasteiger charge is 2.34. The third kappa shape index (κ3) is 5.41. The zero-order valence-corrected chi connectivity index (χ0v) is 17.5. The maximum absolute atomic E-state index is 12.5. The van der Waals surface area contributed by atoms with Crippen molar-refractivity contribution in [2.75, 3.05) is 12.9 Å². The van der Waals surface area contributed by atoms with Crippen molar-refractivity contribution in [2.24, 2.45) is 0 Å². The van der Waals surface area contributed by atoms with Crippen LogP contribution in [-0.4, -0.2) is 29.3 Å². The van der Waals surface area contributed by atoms with Crippen LogP contribution in [0.4, 0.5) is 5.69 Å². The van der Waals surface area contributed by atoms with E-state index in [1.54, 1.807) is 19.2 Å². The number of hydrogen-bond acceptors (Lipinski definition) is 6. The Bertz CT molecular complexity index is 898. The summed E-state index contributed by atoms with van der Waals surface area (Å²) < 4.78 is 11.3. The van der Waals surface area contributed by atoms with Crippen LogP contribution in [0.3, 0.4) is 0 Å². The molecule has 0 unspecified atom stereocenters. The van der Waals surface area contributed by atoms with Gasteiger partial charge in [-0.3, -0.25) is 14.9 Å². The lowest BCUT2D eigenvalue weighted by Gasteiger charge is -2.38. The summed E-state index contributed by atoms with van der Waals surface area (Å²) in [4.78, 5) is 22.8. The Balaban J connectivity index is 1.59. The van der Waals surface area contributed by atoms with E-state index in [1.165, 1.54) is 23.9 Å². The molecule has 1 aliphatic heterocycles. The third-order valence-corrected chi connectivity index (χ3v) is 5.66. The minimum atomic E-state index is -0.424. The van der Waals surface area contributed by atoms with Crippen molar-refractivity contribution in [1.82, 2.24) is 5.32 Å². The van der Waals surface area contributed by atoms with Gasteiger partial charge in [-0.05, 0) is 37.6 Å². The second kappa shape index (κ2) is 8.73. The second-order valence-corrected chi connectivity index (χ2v) is 8.49. The van der Waals surface area contributed by atoms with E-state index in [0.717, 1.165) is 22.6 Å². The highest BCUT2D eigenvalue weighted by molar-refractivity contribution is 7.99. The first-order chi connectivity index (χ1) is 13.8. The standard InChI is InChI=1S/C21H24N2O5S/c1-21(2)11-18(17-10-16(27-3)8-9-19(17)28-21)22-20(24)13-29-12-14-4-6-15(7-5-14)23(25)26/h4-10,18H,11-13H2,1-3H3,(H,22,24)/t18-/m1/s1. The van der Waals surface area contributed by atoms with Gasteiger partial charge in [0.05, 0.1) is 23.8 Å². The fourth-order valence-electron chi connectivity index (χ4n) is 3.30. The topological polar surface area (TPSA) is 90.7 Å². The van der Waals surface area contributed by atoms with E-state index >= 15 is 0 Å². The van der Waals surface area contributed by atoms with Crippen LogP contribution in [0.2, 0.25) is 0 Å². The maximum Gasteiger partial charge on any atom is 0.269 e. The molecule has 3 rings (SSSR count). The zero-order chi connectivity index (χ0) is 21.0. The van der Waals surface area contributed by atoms with Crippen LogP contribution in [-0.2, 0) is 10.5 Å². The number of carbonyl (C=O) groups is 1. The van der Waals surface area contributed by atoms with Crippen molar-refractivity contribution in [3.8, 4) is 11.5 Å². The molecule has 0 saturated carbocycles. The third-order valence-electron chi connectivity index (χ3n) is 4.66. The summed E-state index contributed by atoms with van der Waals surface area (Å²) in [5.74, 6) is 2.32. The van der Waals surface area contributed by atoms with Crippen molar-refractivity contribution in [3.05, 3.63) is 63.7 Å². The van der Waals surface area contributed by atoms with E-state index in [-0.39, 0.29) is 23.2 Å². The molecule has 1 atom stereocenters. The number of nitro groups is 1. The molecule has 154 valence electrons. The van der Waals surface area contributed by atoms with Gasteiger partial charge < -0.3 is 14.8 Å². The van der Waals surface area contributed by atoms with Gasteiger partial charge in [0.1, 0.15) is 17.1 Å². The molecule has 0 aliphatic carbocycles. The van der Waals surface area contributed by atoms with Crippen molar-refractivity contribution in [3.63, 3.8) is 0 Å². The number of amides is 1. The van der Waals surface area contributed by atoms with Crippen molar-refractivity contribution in [2.45, 2.75) is 37.7 Å². The molecule has 1 heterocycles. The number of rotatable bonds is 7. The van der Waals surface area contributed by atoms with Crippen LogP contribution < -0.4 is 14.8 Å². The number of thioether (sulfide) groups is 1. The van der Waals surface area contributed by atoms with E-state index in [9.17, 15) is 14.9 Å². The number of carbonyl (C=O) groups excluding carboxylic acids is 1. The van der Waals surface area contributed by atoms with E-state index < -0.39 is 4.92 Å². The molecule has 0 aromatic heterocycles. The van der Waals surface area contributed by atoms with Crippen molar-refractivity contribution >= 4 is 23.4 Å². The van der Waals surface area contributed by atoms with Gasteiger partial charge in [-0.1, -0.05) is 12.1 Å². The molecule has 7 nitrogen and oxygen atoms in total. The lowest BCUT2D eigenvalue weighted by atomic mass is 9.89. The molecule has 0 bridgehead atoms. The minimum absolute atomic E-state index is 0.0617. The van der Waals surface area contributed by atoms with Gasteiger partial charge in [0.2, 0.25) is 5.91 Å². The maximum atomic E-state index is 12.5. The molecular weight excluding hydrogens is 392 g/mol. The largest absolute Gasteiger partial charge is 0.497 e. The number of benzene rings is 2. The average molecular weight is 416 g/mol. The quantitative estimate of drug-likeness (QED) is 0.536. The van der Waals surface area contributed by atoms with Crippen LogP contribution >= 0.6 is 11.8 Å². The molecule has 1 amide bonds. The summed E-state index contributed by atoms with van der Waals surface area (Å²) in [5.41, 5.74) is 1.53. The normalized spacial score (nSPS) is 17.0. The average Bonchev–Trinajstić information content (AvgIpc) is 2.67. The Morgan fingerprint density at radius 2 is 2.03 bits per heavy atom. The fraction of sp³-hybridized carbons (Fsp3) is 0.381. The smallest absolute Gasteiger partial charge is 0.269 e. The molecule has 1 N–H and O–H groups in total. The lowest BCUT2D eigenvalue weighted by molar-refractivity contribution is -0.384. The summed E-state index contributed by atoms with van der Waals surface area (Å²) >= 11 is 1.47. The Labute approximate surface area is 173 Å². The van der Waals surface area contributed by atoms with E-state index in [2.05, 4.69) is 5.32 Å². The van der Waals surface area contributed by atoms with Crippen LogP contribution in [0, 0.1) is 10.1 Å². The summed E-state index contributed by atoms with van der Waals surface area (Å²) in [6.45, 7) is 4.01. The Morgan fingerprint density at radius 3 is 2.69 bits per heavy atom. The number of nitrogens with zero attached hydrogens (tertiary/aromatic N) is 1. The summed E-state index contributed by atoms with van der Waals surface area (Å²) in [7, 11) is 1.61. The van der Waals surface area contributed by atoms with Gasteiger partial charge in [-0.2, -0.15) is 0 Å². The molecular formula is C21H24N2O5S. The second-order valence-electron chi connectivity index (χ2n) is 7.51. The first-order valence-electron chi connectivity index (χ1n) is 9.25. The Morgan fingerprint density at radius 1 is 1.31 bits per heavy atom. The first-order valence-corrected chi connectivity index (χ1v) is 10.4. The molecule has 8 heteroatoms. The number of ether oxygens (including phenoxy) is 2. The van der Waals surface area contributed by atoms with Gasteiger partial charge in [0, 0.05) is 29.9 Å². The van der Waals surface area contributed by atoms with Gasteiger partial charge in [0.15, 0.2) is 0 Å². The molecule has 0 fully saturated rings. The highest BCUT2D eigenvalue weighted by Crippen LogP contribution is 2.41. The molecule has 0 saturated heterocycles. The summed E-state index contributed by atoms with van der Waals surface area (Å²) in [6.07, 6.45) is 0.659. The van der Waals surface area contributed by atoms with E-state index in [0.29, 0.717) is 17.9 Å². The van der Waals surface area contributed by atoms with Crippen molar-refractivity contribution in [1.29, 1.82) is 0 Å². The molecule has 2 aromatic rings. The Hall–Kier alpha value is -2.74. The zero-order valence-electron chi connectivity index (χ0n) is 16.6. The SMILES string of the molecule is COc1ccc2c(c1)[C@H](NC(=O)CSCc1ccc([N+](=O)[O-])cc1)CC(C)(C)O2. The number of non-ortho nitro benzene ring substituents is 1. The van der Waals surface area contributed by atoms with Crippen LogP contribution in [0.15, 0.2) is 42.5 Å². The van der Waals surface area contributed by atoms with Gasteiger partial charge in [-0.15, -0.1) is 11.8 Å². The minimum Gasteiger partial charge on any atom is -0.497 e. The predicted octanol–water partition coefficient (Wildman–Crippen LogP) is 4.26. The van der Waals surface area contributed by atoms with Gasteiger partial charge >= 0.3 is 0 Å².